The van der Waals surface area contributed by atoms with E-state index in [4.69, 9.17) is 9.72 Å². The third kappa shape index (κ3) is 6.32. The van der Waals surface area contributed by atoms with E-state index in [1.165, 1.54) is 40.8 Å². The molecule has 0 spiro atoms. The SMILES string of the molecule is C=CCN1CCC(c2ccc(NC3CCc4cccc(-c5cccc(-n6ncc(C(=O)OCC)c6CC)n5)c43)cc2CC)CC1. The van der Waals surface area contributed by atoms with Crippen LogP contribution in [0, 0.1) is 0 Å². The van der Waals surface area contributed by atoms with Gasteiger partial charge in [-0.1, -0.05) is 50.3 Å². The van der Waals surface area contributed by atoms with Gasteiger partial charge in [-0.05, 0) is 111 Å². The lowest BCUT2D eigenvalue weighted by atomic mass is 9.85. The fraction of sp³-hybridized carbons (Fsp3) is 0.395. The van der Waals surface area contributed by atoms with Gasteiger partial charge in [-0.3, -0.25) is 4.90 Å². The predicted molar refractivity (Wildman–Crippen MR) is 181 cm³/mol. The predicted octanol–water partition coefficient (Wildman–Crippen LogP) is 7.70. The number of aryl methyl sites for hydroxylation is 2. The van der Waals surface area contributed by atoms with Crippen molar-refractivity contribution in [1.82, 2.24) is 19.7 Å². The van der Waals surface area contributed by atoms with Gasteiger partial charge in [-0.15, -0.1) is 6.58 Å². The van der Waals surface area contributed by atoms with Crippen molar-refractivity contribution in [3.05, 3.63) is 107 Å². The summed E-state index contributed by atoms with van der Waals surface area (Å²) < 4.78 is 7.03. The molecule has 1 aliphatic heterocycles. The van der Waals surface area contributed by atoms with Crippen LogP contribution in [0.25, 0.3) is 17.1 Å². The second-order valence-electron chi connectivity index (χ2n) is 12.1. The Labute approximate surface area is 267 Å². The highest BCUT2D eigenvalue weighted by molar-refractivity contribution is 5.90. The van der Waals surface area contributed by atoms with Crippen molar-refractivity contribution in [2.45, 2.75) is 71.3 Å². The summed E-state index contributed by atoms with van der Waals surface area (Å²) in [4.78, 5) is 20.1. The van der Waals surface area contributed by atoms with Gasteiger partial charge in [0.2, 0.25) is 0 Å². The molecule has 3 heterocycles. The van der Waals surface area contributed by atoms with E-state index in [1.54, 1.807) is 10.9 Å². The molecule has 4 aromatic rings. The van der Waals surface area contributed by atoms with Gasteiger partial charge in [-0.2, -0.15) is 5.10 Å². The maximum atomic E-state index is 12.5. The number of carbonyl (C=O) groups is 1. The minimum absolute atomic E-state index is 0.200. The molecule has 7 nitrogen and oxygen atoms in total. The summed E-state index contributed by atoms with van der Waals surface area (Å²) in [5.74, 6) is 0.974. The van der Waals surface area contributed by atoms with Crippen LogP contribution in [0.15, 0.2) is 73.4 Å². The molecular weight excluding hydrogens is 558 g/mol. The van der Waals surface area contributed by atoms with Crippen LogP contribution in [-0.4, -0.2) is 51.9 Å². The Balaban J connectivity index is 1.26. The second kappa shape index (κ2) is 13.8. The lowest BCUT2D eigenvalue weighted by Gasteiger charge is -2.32. The summed E-state index contributed by atoms with van der Waals surface area (Å²) in [7, 11) is 0. The number of nitrogens with one attached hydrogen (secondary N) is 1. The quantitative estimate of drug-likeness (QED) is 0.140. The molecule has 2 aromatic carbocycles. The normalized spacial score (nSPS) is 16.8. The molecule has 2 aliphatic rings. The molecule has 0 bridgehead atoms. The third-order valence-corrected chi connectivity index (χ3v) is 9.45. The van der Waals surface area contributed by atoms with Gasteiger partial charge in [0, 0.05) is 17.8 Å². The minimum atomic E-state index is -0.347. The summed E-state index contributed by atoms with van der Waals surface area (Å²) >= 11 is 0. The van der Waals surface area contributed by atoms with Crippen LogP contribution in [0.4, 0.5) is 5.69 Å². The first kappa shape index (κ1) is 30.8. The molecule has 0 amide bonds. The smallest absolute Gasteiger partial charge is 0.341 e. The van der Waals surface area contributed by atoms with Gasteiger partial charge in [0.05, 0.1) is 30.2 Å². The van der Waals surface area contributed by atoms with Crippen LogP contribution in [-0.2, 0) is 24.0 Å². The van der Waals surface area contributed by atoms with E-state index >= 15 is 0 Å². The third-order valence-electron chi connectivity index (χ3n) is 9.45. The van der Waals surface area contributed by atoms with E-state index < -0.39 is 0 Å². The Morgan fingerprint density at radius 3 is 2.62 bits per heavy atom. The Bertz CT molecular complexity index is 1670. The molecule has 234 valence electrons. The number of aromatic nitrogens is 3. The molecule has 1 unspecified atom stereocenters. The monoisotopic (exact) mass is 603 g/mol. The number of rotatable bonds is 11. The van der Waals surface area contributed by atoms with Crippen molar-refractivity contribution < 1.29 is 9.53 Å². The van der Waals surface area contributed by atoms with Gasteiger partial charge in [-0.25, -0.2) is 14.5 Å². The van der Waals surface area contributed by atoms with E-state index in [9.17, 15) is 4.79 Å². The lowest BCUT2D eigenvalue weighted by molar-refractivity contribution is 0.0525. The summed E-state index contributed by atoms with van der Waals surface area (Å²) in [6.45, 7) is 13.6. The van der Waals surface area contributed by atoms with Crippen LogP contribution in [0.3, 0.4) is 0 Å². The second-order valence-corrected chi connectivity index (χ2v) is 12.1. The molecule has 1 atom stereocenters. The number of piperidine rings is 1. The zero-order chi connectivity index (χ0) is 31.3. The number of carbonyl (C=O) groups excluding carboxylic acids is 1. The summed E-state index contributed by atoms with van der Waals surface area (Å²) in [6.07, 6.45) is 9.77. The van der Waals surface area contributed by atoms with Gasteiger partial charge >= 0.3 is 5.97 Å². The molecule has 0 radical (unpaired) electrons. The van der Waals surface area contributed by atoms with Gasteiger partial charge in [0.25, 0.3) is 0 Å². The lowest BCUT2D eigenvalue weighted by Crippen LogP contribution is -2.33. The van der Waals surface area contributed by atoms with Crippen molar-refractivity contribution in [3.8, 4) is 17.1 Å². The Hall–Kier alpha value is -4.23. The van der Waals surface area contributed by atoms with E-state index in [2.05, 4.69) is 71.3 Å². The van der Waals surface area contributed by atoms with Gasteiger partial charge in [0.15, 0.2) is 5.82 Å². The van der Waals surface area contributed by atoms with E-state index in [-0.39, 0.29) is 12.0 Å². The van der Waals surface area contributed by atoms with E-state index in [1.807, 2.05) is 32.1 Å². The molecular formula is C38H45N5O2. The van der Waals surface area contributed by atoms with Gasteiger partial charge < -0.3 is 10.1 Å². The number of likely N-dealkylation sites (tertiary alicyclic amines) is 1. The van der Waals surface area contributed by atoms with Gasteiger partial charge in [0.1, 0.15) is 5.56 Å². The Morgan fingerprint density at radius 2 is 1.87 bits per heavy atom. The average molecular weight is 604 g/mol. The number of nitrogens with zero attached hydrogens (tertiary/aromatic N) is 4. The number of hydrogen-bond acceptors (Lipinski definition) is 6. The number of hydrogen-bond donors (Lipinski definition) is 1. The molecule has 7 heteroatoms. The molecule has 45 heavy (non-hydrogen) atoms. The zero-order valence-corrected chi connectivity index (χ0v) is 26.9. The van der Waals surface area contributed by atoms with E-state index in [0.717, 1.165) is 55.8 Å². The molecule has 1 aliphatic carbocycles. The van der Waals surface area contributed by atoms with Crippen LogP contribution in [0.1, 0.15) is 90.3 Å². The number of esters is 1. The highest BCUT2D eigenvalue weighted by atomic mass is 16.5. The number of benzene rings is 2. The molecule has 2 aromatic heterocycles. The largest absolute Gasteiger partial charge is 0.462 e. The summed E-state index contributed by atoms with van der Waals surface area (Å²) in [5.41, 5.74) is 10.2. The first-order chi connectivity index (χ1) is 22.0. The molecule has 1 N–H and O–H groups in total. The fourth-order valence-electron chi connectivity index (χ4n) is 7.25. The van der Waals surface area contributed by atoms with Crippen molar-refractivity contribution in [2.24, 2.45) is 0 Å². The molecule has 0 saturated carbocycles. The number of fused-ring (bicyclic) bond motifs is 1. The average Bonchev–Trinajstić information content (AvgIpc) is 3.70. The molecule has 1 saturated heterocycles. The number of pyridine rings is 1. The van der Waals surface area contributed by atoms with Crippen molar-refractivity contribution in [1.29, 1.82) is 0 Å². The minimum Gasteiger partial charge on any atom is -0.462 e. The highest BCUT2D eigenvalue weighted by Crippen LogP contribution is 2.41. The summed E-state index contributed by atoms with van der Waals surface area (Å²) in [6, 6.07) is 19.8. The van der Waals surface area contributed by atoms with Crippen LogP contribution in [0.5, 0.6) is 0 Å². The van der Waals surface area contributed by atoms with Crippen molar-refractivity contribution >= 4 is 11.7 Å². The van der Waals surface area contributed by atoms with Crippen LogP contribution in [0.2, 0.25) is 0 Å². The first-order valence-electron chi connectivity index (χ1n) is 16.6. The maximum absolute atomic E-state index is 12.5. The zero-order valence-electron chi connectivity index (χ0n) is 26.9. The first-order valence-corrected chi connectivity index (χ1v) is 16.6. The standard InChI is InChI=1S/C38H45N5O2/c1-5-21-42-22-19-27(20-23-42)30-17-16-29(24-26(30)6-2)40-34-18-15-28-11-9-12-31(37(28)34)33-13-10-14-36(41-33)43-35(7-3)32(25-39-43)38(44)45-8-4/h5,9-14,16-17,24-25,27,34,40H,1,6-8,15,18-23H2,2-4H3. The Kier molecular flexibility index (Phi) is 9.45. The van der Waals surface area contributed by atoms with Crippen molar-refractivity contribution in [3.63, 3.8) is 0 Å². The highest BCUT2D eigenvalue weighted by Gasteiger charge is 2.28. The molecule has 1 fully saturated rings. The number of anilines is 1. The fourth-order valence-corrected chi connectivity index (χ4v) is 7.25. The Morgan fingerprint density at radius 1 is 1.04 bits per heavy atom. The topological polar surface area (TPSA) is 72.3 Å². The molecule has 6 rings (SSSR count). The van der Waals surface area contributed by atoms with Crippen LogP contribution < -0.4 is 5.32 Å². The van der Waals surface area contributed by atoms with E-state index in [0.29, 0.717) is 30.3 Å². The maximum Gasteiger partial charge on any atom is 0.341 e. The number of ether oxygens (including phenoxy) is 1. The van der Waals surface area contributed by atoms with Crippen LogP contribution >= 0.6 is 0 Å². The summed E-state index contributed by atoms with van der Waals surface area (Å²) in [5, 5.41) is 8.45. The van der Waals surface area contributed by atoms with Crippen molar-refractivity contribution in [2.75, 3.05) is 31.6 Å².